The Morgan fingerprint density at radius 2 is 1.65 bits per heavy atom. The van der Waals surface area contributed by atoms with Crippen molar-refractivity contribution in [3.63, 3.8) is 0 Å². The highest BCUT2D eigenvalue weighted by Crippen LogP contribution is 2.40. The second kappa shape index (κ2) is 14.4. The Kier molecular flexibility index (Phi) is 10.8. The molecule has 46 heavy (non-hydrogen) atoms. The third-order valence-corrected chi connectivity index (χ3v) is 11.2. The lowest BCUT2D eigenvalue weighted by Crippen LogP contribution is -2.44. The summed E-state index contributed by atoms with van der Waals surface area (Å²) < 4.78 is 49.9. The monoisotopic (exact) mass is 663 g/mol. The van der Waals surface area contributed by atoms with Crippen LogP contribution >= 0.6 is 0 Å². The fourth-order valence-electron chi connectivity index (χ4n) is 4.90. The SMILES string of the molecule is CC#Cc1cnc(C(OC)C(C)S(=O)(=O)N(CC[Si](C)(C)C)c2nnc(-c3cncc(C)c3)n2-c2c(OC)cccc2OC)nc1. The van der Waals surface area contributed by atoms with Crippen molar-refractivity contribution in [2.24, 2.45) is 0 Å². The number of methoxy groups -OCH3 is 3. The molecule has 0 aliphatic heterocycles. The average molecular weight is 664 g/mol. The Balaban J connectivity index is 1.97. The number of hydrogen-bond acceptors (Lipinski definition) is 10. The molecule has 2 atom stereocenters. The van der Waals surface area contributed by atoms with Gasteiger partial charge in [0.05, 0.1) is 19.8 Å². The lowest BCUT2D eigenvalue weighted by Gasteiger charge is -2.31. The Morgan fingerprint density at radius 3 is 2.20 bits per heavy atom. The molecule has 0 aliphatic carbocycles. The van der Waals surface area contributed by atoms with Crippen molar-refractivity contribution in [3.8, 4) is 40.4 Å². The molecule has 2 unspecified atom stereocenters. The number of benzene rings is 1. The quantitative estimate of drug-likeness (QED) is 0.141. The van der Waals surface area contributed by atoms with Gasteiger partial charge in [0.25, 0.3) is 0 Å². The van der Waals surface area contributed by atoms with Crippen molar-refractivity contribution >= 4 is 24.0 Å². The molecule has 14 heteroatoms. The summed E-state index contributed by atoms with van der Waals surface area (Å²) >= 11 is 0. The van der Waals surface area contributed by atoms with E-state index in [1.54, 1.807) is 75.6 Å². The zero-order chi connectivity index (χ0) is 33.6. The van der Waals surface area contributed by atoms with E-state index in [0.29, 0.717) is 40.2 Å². The van der Waals surface area contributed by atoms with E-state index in [1.165, 1.54) is 11.4 Å². The van der Waals surface area contributed by atoms with Crippen LogP contribution in [0.5, 0.6) is 11.5 Å². The maximum absolute atomic E-state index is 14.8. The van der Waals surface area contributed by atoms with E-state index in [0.717, 1.165) is 5.56 Å². The highest BCUT2D eigenvalue weighted by Gasteiger charge is 2.41. The Morgan fingerprint density at radius 1 is 1.00 bits per heavy atom. The van der Waals surface area contributed by atoms with Gasteiger partial charge in [-0.15, -0.1) is 16.1 Å². The number of anilines is 1. The molecule has 0 aliphatic rings. The highest BCUT2D eigenvalue weighted by molar-refractivity contribution is 7.93. The molecule has 3 aromatic heterocycles. The lowest BCUT2D eigenvalue weighted by molar-refractivity contribution is 0.0947. The summed E-state index contributed by atoms with van der Waals surface area (Å²) in [5, 5.41) is 7.96. The van der Waals surface area contributed by atoms with Crippen molar-refractivity contribution in [1.82, 2.24) is 29.7 Å². The number of nitrogens with zero attached hydrogens (tertiary/aromatic N) is 7. The minimum Gasteiger partial charge on any atom is -0.494 e. The van der Waals surface area contributed by atoms with Crippen molar-refractivity contribution in [2.45, 2.75) is 57.8 Å². The van der Waals surface area contributed by atoms with Crippen LogP contribution in [-0.2, 0) is 14.8 Å². The van der Waals surface area contributed by atoms with Gasteiger partial charge in [0.2, 0.25) is 16.0 Å². The van der Waals surface area contributed by atoms with E-state index in [-0.39, 0.29) is 18.3 Å². The van der Waals surface area contributed by atoms with Gasteiger partial charge in [0.15, 0.2) is 11.6 Å². The van der Waals surface area contributed by atoms with Crippen LogP contribution in [0.3, 0.4) is 0 Å². The summed E-state index contributed by atoms with van der Waals surface area (Å²) in [6.07, 6.45) is 5.52. The molecule has 0 amide bonds. The molecule has 244 valence electrons. The Hall–Kier alpha value is -4.32. The topological polar surface area (TPSA) is 134 Å². The lowest BCUT2D eigenvalue weighted by atomic mass is 10.2. The summed E-state index contributed by atoms with van der Waals surface area (Å²) in [6, 6.07) is 7.90. The van der Waals surface area contributed by atoms with Crippen molar-refractivity contribution in [3.05, 3.63) is 66.0 Å². The first kappa shape index (κ1) is 34.5. The fraction of sp³-hybridized carbons (Fsp3) is 0.406. The third kappa shape index (κ3) is 7.38. The number of rotatable bonds is 13. The van der Waals surface area contributed by atoms with Crippen LogP contribution in [0.1, 0.15) is 36.9 Å². The van der Waals surface area contributed by atoms with Gasteiger partial charge in [-0.3, -0.25) is 9.55 Å². The van der Waals surface area contributed by atoms with Crippen molar-refractivity contribution < 1.29 is 22.6 Å². The van der Waals surface area contributed by atoms with E-state index in [1.807, 2.05) is 13.0 Å². The van der Waals surface area contributed by atoms with E-state index in [9.17, 15) is 8.42 Å². The van der Waals surface area contributed by atoms with E-state index in [2.05, 4.69) is 56.6 Å². The predicted octanol–water partition coefficient (Wildman–Crippen LogP) is 5.07. The molecular formula is C32H41N7O5SSi. The number of para-hydroxylation sites is 1. The van der Waals surface area contributed by atoms with Crippen LogP contribution in [0.4, 0.5) is 5.95 Å². The van der Waals surface area contributed by atoms with E-state index < -0.39 is 29.5 Å². The van der Waals surface area contributed by atoms with Crippen LogP contribution in [0, 0.1) is 18.8 Å². The molecule has 4 rings (SSSR count). The van der Waals surface area contributed by atoms with Gasteiger partial charge in [-0.25, -0.2) is 22.7 Å². The van der Waals surface area contributed by atoms with E-state index >= 15 is 0 Å². The van der Waals surface area contributed by atoms with Gasteiger partial charge < -0.3 is 14.2 Å². The van der Waals surface area contributed by atoms with Crippen LogP contribution in [-0.4, -0.2) is 79.3 Å². The first-order chi connectivity index (χ1) is 21.9. The zero-order valence-corrected chi connectivity index (χ0v) is 29.6. The maximum atomic E-state index is 14.8. The first-order valence-corrected chi connectivity index (χ1v) is 19.9. The predicted molar refractivity (Wildman–Crippen MR) is 181 cm³/mol. The molecule has 0 radical (unpaired) electrons. The second-order valence-electron chi connectivity index (χ2n) is 11.9. The largest absolute Gasteiger partial charge is 0.494 e. The molecule has 12 nitrogen and oxygen atoms in total. The Labute approximate surface area is 272 Å². The second-order valence-corrected chi connectivity index (χ2v) is 19.8. The van der Waals surface area contributed by atoms with Crippen LogP contribution in [0.25, 0.3) is 17.1 Å². The molecule has 0 saturated carbocycles. The van der Waals surface area contributed by atoms with Gasteiger partial charge in [-0.2, -0.15) is 0 Å². The smallest absolute Gasteiger partial charge is 0.246 e. The van der Waals surface area contributed by atoms with Crippen molar-refractivity contribution in [1.29, 1.82) is 0 Å². The molecule has 0 spiro atoms. The number of pyridine rings is 1. The molecule has 1 aromatic carbocycles. The summed E-state index contributed by atoms with van der Waals surface area (Å²) in [5.74, 6) is 7.26. The number of hydrogen-bond donors (Lipinski definition) is 0. The average Bonchev–Trinajstić information content (AvgIpc) is 3.45. The molecule has 0 N–H and O–H groups in total. The number of aryl methyl sites for hydroxylation is 1. The maximum Gasteiger partial charge on any atom is 0.246 e. The minimum atomic E-state index is -4.20. The molecular weight excluding hydrogens is 623 g/mol. The fourth-order valence-corrected chi connectivity index (χ4v) is 7.59. The van der Waals surface area contributed by atoms with Crippen LogP contribution in [0.2, 0.25) is 25.7 Å². The molecule has 4 aromatic rings. The van der Waals surface area contributed by atoms with Crippen LogP contribution < -0.4 is 13.8 Å². The highest BCUT2D eigenvalue weighted by atomic mass is 32.2. The van der Waals surface area contributed by atoms with Gasteiger partial charge >= 0.3 is 0 Å². The summed E-state index contributed by atoms with van der Waals surface area (Å²) in [6.45, 7) is 11.9. The standard InChI is InChI=1S/C32H41N7O5SSi/c1-10-12-24-19-34-30(35-20-24)29(44-6)23(3)45(40,41)38(15-16-46(7,8)9)32-37-36-31(25-17-22(2)18-33-21-25)39(32)28-26(42-4)13-11-14-27(28)43-5/h11,13-14,17-21,23,29H,15-16H2,1-9H3. The van der Waals surface area contributed by atoms with Gasteiger partial charge in [-0.05, 0) is 50.6 Å². The van der Waals surface area contributed by atoms with Gasteiger partial charge in [-0.1, -0.05) is 31.6 Å². The van der Waals surface area contributed by atoms with E-state index in [4.69, 9.17) is 14.2 Å². The summed E-state index contributed by atoms with van der Waals surface area (Å²) in [7, 11) is -1.45. The molecule has 0 saturated heterocycles. The molecule has 0 fully saturated rings. The summed E-state index contributed by atoms with van der Waals surface area (Å²) in [5.41, 5.74) is 2.60. The summed E-state index contributed by atoms with van der Waals surface area (Å²) in [4.78, 5) is 13.1. The van der Waals surface area contributed by atoms with Gasteiger partial charge in [0.1, 0.15) is 28.5 Å². The van der Waals surface area contributed by atoms with Crippen molar-refractivity contribution in [2.75, 3.05) is 32.2 Å². The number of sulfonamides is 1. The minimum absolute atomic E-state index is 0.0775. The van der Waals surface area contributed by atoms with Gasteiger partial charge in [0, 0.05) is 52.1 Å². The Bertz CT molecular complexity index is 1810. The molecule has 3 heterocycles. The first-order valence-electron chi connectivity index (χ1n) is 14.7. The number of aromatic nitrogens is 6. The molecule has 0 bridgehead atoms. The number of ether oxygens (including phenoxy) is 3. The zero-order valence-electron chi connectivity index (χ0n) is 27.8. The normalized spacial score (nSPS) is 13.0. The third-order valence-electron chi connectivity index (χ3n) is 7.35. The van der Waals surface area contributed by atoms with Crippen LogP contribution in [0.15, 0.2) is 49.1 Å².